The van der Waals surface area contributed by atoms with E-state index >= 15 is 0 Å². The molecule has 0 fully saturated rings. The van der Waals surface area contributed by atoms with Crippen LogP contribution in [0.3, 0.4) is 0 Å². The van der Waals surface area contributed by atoms with Gasteiger partial charge in [-0.05, 0) is 42.7 Å². The Balaban J connectivity index is 2.72. The van der Waals surface area contributed by atoms with Gasteiger partial charge in [0.25, 0.3) is 0 Å². The predicted molar refractivity (Wildman–Crippen MR) is 76.0 cm³/mol. The van der Waals surface area contributed by atoms with Crippen molar-refractivity contribution in [2.45, 2.75) is 33.1 Å². The fraction of sp³-hybridized carbons (Fsp3) is 0.333. The van der Waals surface area contributed by atoms with Crippen molar-refractivity contribution in [2.24, 2.45) is 0 Å². The van der Waals surface area contributed by atoms with E-state index in [-0.39, 0.29) is 5.91 Å². The normalized spacial score (nSPS) is 10.6. The number of carbonyl (C=O) groups is 2. The van der Waals surface area contributed by atoms with Crippen LogP contribution < -0.4 is 5.32 Å². The third kappa shape index (κ3) is 5.38. The number of hydrogen-bond donors (Lipinski definition) is 2. The first-order valence-electron chi connectivity index (χ1n) is 6.34. The van der Waals surface area contributed by atoms with Crippen molar-refractivity contribution < 1.29 is 14.7 Å². The highest BCUT2D eigenvalue weighted by Crippen LogP contribution is 2.18. The molecule has 2 N–H and O–H groups in total. The first-order valence-corrected chi connectivity index (χ1v) is 6.34. The monoisotopic (exact) mass is 261 g/mol. The van der Waals surface area contributed by atoms with Crippen molar-refractivity contribution in [2.75, 3.05) is 5.32 Å². The fourth-order valence-corrected chi connectivity index (χ4v) is 1.65. The average Bonchev–Trinajstić information content (AvgIpc) is 2.36. The molecule has 0 spiro atoms. The van der Waals surface area contributed by atoms with Crippen molar-refractivity contribution in [1.82, 2.24) is 0 Å². The lowest BCUT2D eigenvalue weighted by atomic mass is 10.1. The van der Waals surface area contributed by atoms with Gasteiger partial charge in [0, 0.05) is 18.2 Å². The number of rotatable bonds is 6. The minimum Gasteiger partial charge on any atom is -0.478 e. The molecule has 0 saturated carbocycles. The maximum absolute atomic E-state index is 11.6. The van der Waals surface area contributed by atoms with E-state index in [0.29, 0.717) is 6.42 Å². The molecular formula is C15H19NO3. The zero-order valence-electron chi connectivity index (χ0n) is 11.3. The SMILES string of the molecule is CCCCC(=O)Nc1ccc(C=CC(=O)O)cc1C. The summed E-state index contributed by atoms with van der Waals surface area (Å²) in [6.45, 7) is 3.93. The van der Waals surface area contributed by atoms with Gasteiger partial charge in [0.2, 0.25) is 5.91 Å². The van der Waals surface area contributed by atoms with E-state index in [1.54, 1.807) is 12.1 Å². The Kier molecular flexibility index (Phi) is 5.79. The van der Waals surface area contributed by atoms with Crippen LogP contribution in [0.15, 0.2) is 24.3 Å². The summed E-state index contributed by atoms with van der Waals surface area (Å²) in [7, 11) is 0. The van der Waals surface area contributed by atoms with E-state index < -0.39 is 5.97 Å². The molecule has 1 amide bonds. The molecule has 0 unspecified atom stereocenters. The molecule has 102 valence electrons. The molecule has 4 heteroatoms. The van der Waals surface area contributed by atoms with Gasteiger partial charge in [0.1, 0.15) is 0 Å². The van der Waals surface area contributed by atoms with Crippen molar-refractivity contribution in [3.8, 4) is 0 Å². The minimum absolute atomic E-state index is 0.0128. The standard InChI is InChI=1S/C15H19NO3/c1-3-4-5-14(17)16-13-8-6-12(10-11(13)2)7-9-15(18)19/h6-10H,3-5H2,1-2H3,(H,16,17)(H,18,19). The molecule has 0 bridgehead atoms. The van der Waals surface area contributed by atoms with Crippen LogP contribution in [-0.2, 0) is 9.59 Å². The number of carboxylic acid groups (broad SMARTS) is 1. The van der Waals surface area contributed by atoms with Crippen LogP contribution in [-0.4, -0.2) is 17.0 Å². The Morgan fingerprint density at radius 3 is 2.68 bits per heavy atom. The second-order valence-corrected chi connectivity index (χ2v) is 4.40. The molecule has 0 aromatic heterocycles. The topological polar surface area (TPSA) is 66.4 Å². The van der Waals surface area contributed by atoms with E-state index in [9.17, 15) is 9.59 Å². The minimum atomic E-state index is -0.977. The van der Waals surface area contributed by atoms with E-state index in [0.717, 1.165) is 35.7 Å². The Labute approximate surface area is 113 Å². The molecule has 0 heterocycles. The van der Waals surface area contributed by atoms with Crippen molar-refractivity contribution in [1.29, 1.82) is 0 Å². The molecule has 0 saturated heterocycles. The lowest BCUT2D eigenvalue weighted by Gasteiger charge is -2.08. The Morgan fingerprint density at radius 2 is 2.11 bits per heavy atom. The van der Waals surface area contributed by atoms with Gasteiger partial charge in [0.05, 0.1) is 0 Å². The number of amides is 1. The number of hydrogen-bond acceptors (Lipinski definition) is 2. The Bertz CT molecular complexity index is 492. The molecule has 1 aromatic carbocycles. The van der Waals surface area contributed by atoms with Gasteiger partial charge in [-0.15, -0.1) is 0 Å². The number of carboxylic acids is 1. The third-order valence-corrected chi connectivity index (χ3v) is 2.70. The highest BCUT2D eigenvalue weighted by Gasteiger charge is 2.04. The first kappa shape index (κ1) is 15.0. The summed E-state index contributed by atoms with van der Waals surface area (Å²) in [5, 5.41) is 11.4. The van der Waals surface area contributed by atoms with E-state index in [2.05, 4.69) is 5.32 Å². The molecule has 1 rings (SSSR count). The number of aryl methyl sites for hydroxylation is 1. The summed E-state index contributed by atoms with van der Waals surface area (Å²) in [5.41, 5.74) is 2.48. The van der Waals surface area contributed by atoms with Crippen LogP contribution in [0.4, 0.5) is 5.69 Å². The number of carbonyl (C=O) groups excluding carboxylic acids is 1. The molecule has 0 aliphatic heterocycles. The molecule has 0 aliphatic carbocycles. The number of unbranched alkanes of at least 4 members (excludes halogenated alkanes) is 1. The van der Waals surface area contributed by atoms with Crippen LogP contribution in [0, 0.1) is 6.92 Å². The second kappa shape index (κ2) is 7.36. The number of benzene rings is 1. The summed E-state index contributed by atoms with van der Waals surface area (Å²) in [4.78, 5) is 22.0. The average molecular weight is 261 g/mol. The largest absolute Gasteiger partial charge is 0.478 e. The third-order valence-electron chi connectivity index (χ3n) is 2.70. The van der Waals surface area contributed by atoms with Gasteiger partial charge in [-0.2, -0.15) is 0 Å². The lowest BCUT2D eigenvalue weighted by molar-refractivity contribution is -0.131. The van der Waals surface area contributed by atoms with Gasteiger partial charge < -0.3 is 10.4 Å². The van der Waals surface area contributed by atoms with Crippen molar-refractivity contribution in [3.63, 3.8) is 0 Å². The molecule has 19 heavy (non-hydrogen) atoms. The van der Waals surface area contributed by atoms with Crippen LogP contribution in [0.1, 0.15) is 37.3 Å². The van der Waals surface area contributed by atoms with E-state index in [4.69, 9.17) is 5.11 Å². The molecule has 0 aliphatic rings. The second-order valence-electron chi connectivity index (χ2n) is 4.40. The summed E-state index contributed by atoms with van der Waals surface area (Å²) in [6.07, 6.45) is 5.01. The lowest BCUT2D eigenvalue weighted by Crippen LogP contribution is -2.11. The summed E-state index contributed by atoms with van der Waals surface area (Å²) in [6, 6.07) is 5.41. The zero-order chi connectivity index (χ0) is 14.3. The van der Waals surface area contributed by atoms with Crippen LogP contribution in [0.5, 0.6) is 0 Å². The molecule has 0 radical (unpaired) electrons. The number of nitrogens with one attached hydrogen (secondary N) is 1. The maximum Gasteiger partial charge on any atom is 0.328 e. The Morgan fingerprint density at radius 1 is 1.37 bits per heavy atom. The maximum atomic E-state index is 11.6. The van der Waals surface area contributed by atoms with Crippen LogP contribution in [0.2, 0.25) is 0 Å². The van der Waals surface area contributed by atoms with Gasteiger partial charge in [0.15, 0.2) is 0 Å². The summed E-state index contributed by atoms with van der Waals surface area (Å²) >= 11 is 0. The first-order chi connectivity index (χ1) is 9.02. The van der Waals surface area contributed by atoms with Gasteiger partial charge in [-0.25, -0.2) is 4.79 Å². The Hall–Kier alpha value is -2.10. The van der Waals surface area contributed by atoms with Crippen molar-refractivity contribution >= 4 is 23.6 Å². The summed E-state index contributed by atoms with van der Waals surface area (Å²) in [5.74, 6) is -0.964. The van der Waals surface area contributed by atoms with Crippen LogP contribution >= 0.6 is 0 Å². The smallest absolute Gasteiger partial charge is 0.328 e. The number of aliphatic carboxylic acids is 1. The van der Waals surface area contributed by atoms with Gasteiger partial charge in [-0.3, -0.25) is 4.79 Å². The number of anilines is 1. The van der Waals surface area contributed by atoms with E-state index in [1.807, 2.05) is 19.9 Å². The van der Waals surface area contributed by atoms with Crippen molar-refractivity contribution in [3.05, 3.63) is 35.4 Å². The fourth-order valence-electron chi connectivity index (χ4n) is 1.65. The molecule has 4 nitrogen and oxygen atoms in total. The van der Waals surface area contributed by atoms with Crippen LogP contribution in [0.25, 0.3) is 6.08 Å². The predicted octanol–water partition coefficient (Wildman–Crippen LogP) is 3.22. The molecule has 1 aromatic rings. The zero-order valence-corrected chi connectivity index (χ0v) is 11.3. The highest BCUT2D eigenvalue weighted by molar-refractivity contribution is 5.91. The molecular weight excluding hydrogens is 242 g/mol. The quantitative estimate of drug-likeness (QED) is 0.773. The highest BCUT2D eigenvalue weighted by atomic mass is 16.4. The van der Waals surface area contributed by atoms with E-state index in [1.165, 1.54) is 6.08 Å². The summed E-state index contributed by atoms with van der Waals surface area (Å²) < 4.78 is 0. The molecule has 0 atom stereocenters. The van der Waals surface area contributed by atoms with Gasteiger partial charge in [-0.1, -0.05) is 19.4 Å². The van der Waals surface area contributed by atoms with Gasteiger partial charge >= 0.3 is 5.97 Å².